The first-order valence-corrected chi connectivity index (χ1v) is 8.78. The van der Waals surface area contributed by atoms with Gasteiger partial charge in [0.15, 0.2) is 0 Å². The average molecular weight is 369 g/mol. The second kappa shape index (κ2) is 8.07. The number of rotatable bonds is 4. The van der Waals surface area contributed by atoms with Crippen LogP contribution in [0.2, 0.25) is 0 Å². The van der Waals surface area contributed by atoms with Crippen LogP contribution in [0.25, 0.3) is 0 Å². The zero-order chi connectivity index (χ0) is 19.4. The Morgan fingerprint density at radius 1 is 0.926 bits per heavy atom. The number of piperazine rings is 1. The summed E-state index contributed by atoms with van der Waals surface area (Å²) in [6, 6.07) is 8.76. The Hall–Kier alpha value is -3.09. The maximum atomic E-state index is 13.0. The van der Waals surface area contributed by atoms with Gasteiger partial charge in [-0.2, -0.15) is 0 Å². The minimum atomic E-state index is -0.111. The van der Waals surface area contributed by atoms with E-state index in [1.807, 2.05) is 6.92 Å². The van der Waals surface area contributed by atoms with Crippen LogP contribution in [0.3, 0.4) is 0 Å². The third kappa shape index (κ3) is 3.72. The lowest BCUT2D eigenvalue weighted by atomic mass is 10.1. The number of ether oxygens (including phenoxy) is 2. The summed E-state index contributed by atoms with van der Waals surface area (Å²) < 4.78 is 10.7. The number of carbonyl (C=O) groups is 2. The van der Waals surface area contributed by atoms with Crippen molar-refractivity contribution in [1.82, 2.24) is 14.8 Å². The first-order valence-electron chi connectivity index (χ1n) is 8.78. The van der Waals surface area contributed by atoms with Gasteiger partial charge in [-0.05, 0) is 31.2 Å². The minimum Gasteiger partial charge on any atom is -0.496 e. The van der Waals surface area contributed by atoms with Crippen molar-refractivity contribution in [3.05, 3.63) is 53.3 Å². The van der Waals surface area contributed by atoms with Crippen LogP contribution in [0.5, 0.6) is 11.5 Å². The van der Waals surface area contributed by atoms with E-state index in [2.05, 4.69) is 4.98 Å². The molecule has 142 valence electrons. The van der Waals surface area contributed by atoms with E-state index in [-0.39, 0.29) is 11.8 Å². The summed E-state index contributed by atoms with van der Waals surface area (Å²) in [4.78, 5) is 33.0. The summed E-state index contributed by atoms with van der Waals surface area (Å²) in [5.74, 6) is 0.976. The second-order valence-electron chi connectivity index (χ2n) is 6.27. The van der Waals surface area contributed by atoms with Gasteiger partial charge in [-0.25, -0.2) is 0 Å². The Balaban J connectivity index is 1.70. The molecule has 0 spiro atoms. The lowest BCUT2D eigenvalue weighted by Gasteiger charge is -2.35. The lowest BCUT2D eigenvalue weighted by molar-refractivity contribution is 0.0530. The number of aromatic nitrogens is 1. The van der Waals surface area contributed by atoms with Crippen molar-refractivity contribution in [2.75, 3.05) is 40.4 Å². The number of hydrogen-bond acceptors (Lipinski definition) is 5. The van der Waals surface area contributed by atoms with Gasteiger partial charge in [0.2, 0.25) is 0 Å². The molecule has 2 aromatic rings. The van der Waals surface area contributed by atoms with Crippen molar-refractivity contribution >= 4 is 11.8 Å². The van der Waals surface area contributed by atoms with Gasteiger partial charge in [0.05, 0.1) is 19.8 Å². The van der Waals surface area contributed by atoms with Crippen molar-refractivity contribution in [3.63, 3.8) is 0 Å². The number of nitrogens with zero attached hydrogens (tertiary/aromatic N) is 3. The molecule has 7 heteroatoms. The fourth-order valence-corrected chi connectivity index (χ4v) is 3.26. The molecule has 1 aliphatic heterocycles. The third-order valence-electron chi connectivity index (χ3n) is 4.75. The zero-order valence-corrected chi connectivity index (χ0v) is 15.8. The monoisotopic (exact) mass is 369 g/mol. The molecule has 7 nitrogen and oxygen atoms in total. The standard InChI is InChI=1S/C20H23N3O4/c1-14-17(26-2)8-7-15(18(14)27-3)19(24)22-10-12-23(13-11-22)20(25)16-6-4-5-9-21-16/h4-9H,10-13H2,1-3H3. The van der Waals surface area contributed by atoms with E-state index < -0.39 is 0 Å². The van der Waals surface area contributed by atoms with Crippen LogP contribution in [0.15, 0.2) is 36.5 Å². The zero-order valence-electron chi connectivity index (χ0n) is 15.8. The van der Waals surface area contributed by atoms with Gasteiger partial charge in [-0.3, -0.25) is 14.6 Å². The second-order valence-corrected chi connectivity index (χ2v) is 6.27. The van der Waals surface area contributed by atoms with E-state index in [1.54, 1.807) is 60.5 Å². The number of benzene rings is 1. The van der Waals surface area contributed by atoms with Crippen LogP contribution in [-0.4, -0.2) is 67.0 Å². The Morgan fingerprint density at radius 2 is 1.59 bits per heavy atom. The van der Waals surface area contributed by atoms with Gasteiger partial charge in [-0.1, -0.05) is 6.07 Å². The van der Waals surface area contributed by atoms with Gasteiger partial charge in [-0.15, -0.1) is 0 Å². The Kier molecular flexibility index (Phi) is 5.59. The summed E-state index contributed by atoms with van der Waals surface area (Å²) in [5, 5.41) is 0. The summed E-state index contributed by atoms with van der Waals surface area (Å²) in [5.41, 5.74) is 1.71. The predicted octanol–water partition coefficient (Wildman–Crippen LogP) is 2.01. The van der Waals surface area contributed by atoms with Gasteiger partial charge < -0.3 is 19.3 Å². The SMILES string of the molecule is COc1ccc(C(=O)N2CCN(C(=O)c3ccccn3)CC2)c(OC)c1C. The highest BCUT2D eigenvalue weighted by molar-refractivity contribution is 5.98. The van der Waals surface area contributed by atoms with Crippen molar-refractivity contribution in [3.8, 4) is 11.5 Å². The van der Waals surface area contributed by atoms with Gasteiger partial charge in [0.25, 0.3) is 11.8 Å². The molecule has 1 aromatic carbocycles. The highest BCUT2D eigenvalue weighted by Gasteiger charge is 2.28. The van der Waals surface area contributed by atoms with Crippen molar-refractivity contribution < 1.29 is 19.1 Å². The lowest BCUT2D eigenvalue weighted by Crippen LogP contribution is -2.50. The molecular formula is C20H23N3O4. The van der Waals surface area contributed by atoms with E-state index in [1.165, 1.54) is 0 Å². The summed E-state index contributed by atoms with van der Waals surface area (Å²) in [6.07, 6.45) is 1.60. The highest BCUT2D eigenvalue weighted by Crippen LogP contribution is 2.32. The Morgan fingerprint density at radius 3 is 2.15 bits per heavy atom. The smallest absolute Gasteiger partial charge is 0.272 e. The number of hydrogen-bond donors (Lipinski definition) is 0. The van der Waals surface area contributed by atoms with Crippen LogP contribution in [0.4, 0.5) is 0 Å². The molecule has 27 heavy (non-hydrogen) atoms. The van der Waals surface area contributed by atoms with Crippen LogP contribution < -0.4 is 9.47 Å². The van der Waals surface area contributed by atoms with Crippen molar-refractivity contribution in [2.45, 2.75) is 6.92 Å². The topological polar surface area (TPSA) is 72.0 Å². The molecule has 0 atom stereocenters. The Bertz CT molecular complexity index is 831. The third-order valence-corrected chi connectivity index (χ3v) is 4.75. The van der Waals surface area contributed by atoms with Gasteiger partial charge >= 0.3 is 0 Å². The number of amides is 2. The number of carbonyl (C=O) groups excluding carboxylic acids is 2. The fourth-order valence-electron chi connectivity index (χ4n) is 3.26. The first kappa shape index (κ1) is 18.7. The van der Waals surface area contributed by atoms with Crippen LogP contribution in [0, 0.1) is 6.92 Å². The molecule has 0 saturated carbocycles. The maximum absolute atomic E-state index is 13.0. The summed E-state index contributed by atoms with van der Waals surface area (Å²) in [7, 11) is 3.13. The molecule has 1 saturated heterocycles. The summed E-state index contributed by atoms with van der Waals surface area (Å²) in [6.45, 7) is 3.73. The molecule has 1 aliphatic rings. The van der Waals surface area contributed by atoms with Crippen LogP contribution in [-0.2, 0) is 0 Å². The molecule has 0 aliphatic carbocycles. The van der Waals surface area contributed by atoms with Crippen molar-refractivity contribution in [2.24, 2.45) is 0 Å². The molecule has 0 unspecified atom stereocenters. The quantitative estimate of drug-likeness (QED) is 0.824. The van der Waals surface area contributed by atoms with E-state index in [0.717, 1.165) is 5.56 Å². The van der Waals surface area contributed by atoms with Crippen LogP contribution >= 0.6 is 0 Å². The molecule has 1 fully saturated rings. The van der Waals surface area contributed by atoms with E-state index in [4.69, 9.17) is 9.47 Å². The van der Waals surface area contributed by atoms with E-state index in [0.29, 0.717) is 48.9 Å². The molecule has 2 amide bonds. The van der Waals surface area contributed by atoms with Gasteiger partial charge in [0, 0.05) is 37.9 Å². The molecule has 3 rings (SSSR count). The normalized spacial score (nSPS) is 14.0. The highest BCUT2D eigenvalue weighted by atomic mass is 16.5. The maximum Gasteiger partial charge on any atom is 0.272 e. The molecule has 0 radical (unpaired) electrons. The number of pyridine rings is 1. The molecule has 2 heterocycles. The molecular weight excluding hydrogens is 346 g/mol. The number of methoxy groups -OCH3 is 2. The van der Waals surface area contributed by atoms with Crippen LogP contribution in [0.1, 0.15) is 26.4 Å². The first-order chi connectivity index (χ1) is 13.1. The molecule has 0 N–H and O–H groups in total. The average Bonchev–Trinajstić information content (AvgIpc) is 2.73. The largest absolute Gasteiger partial charge is 0.496 e. The van der Waals surface area contributed by atoms with E-state index >= 15 is 0 Å². The van der Waals surface area contributed by atoms with Crippen molar-refractivity contribution in [1.29, 1.82) is 0 Å². The summed E-state index contributed by atoms with van der Waals surface area (Å²) >= 11 is 0. The van der Waals surface area contributed by atoms with Gasteiger partial charge in [0.1, 0.15) is 17.2 Å². The fraction of sp³-hybridized carbons (Fsp3) is 0.350. The van der Waals surface area contributed by atoms with E-state index in [9.17, 15) is 9.59 Å². The predicted molar refractivity (Wildman–Crippen MR) is 100 cm³/mol. The Labute approximate surface area is 158 Å². The minimum absolute atomic E-state index is 0.109. The molecule has 1 aromatic heterocycles. The molecule has 0 bridgehead atoms.